The molecule has 0 aromatic heterocycles. The number of piperidine rings is 1. The molecule has 0 aliphatic carbocycles. The van der Waals surface area contributed by atoms with E-state index in [0.717, 1.165) is 0 Å². The standard InChI is InChI=1S/C11H20F2N2O3/c1-18-8-10(2-4-14-5-3-10)9(17)15-6-11(12,13)7-16/h14,16H,2-8H2,1H3,(H,15,17). The van der Waals surface area contributed by atoms with E-state index in [0.29, 0.717) is 25.9 Å². The van der Waals surface area contributed by atoms with Gasteiger partial charge in [0.15, 0.2) is 0 Å². The monoisotopic (exact) mass is 266 g/mol. The molecule has 0 saturated carbocycles. The molecule has 1 amide bonds. The van der Waals surface area contributed by atoms with Crippen LogP contribution in [0.3, 0.4) is 0 Å². The van der Waals surface area contributed by atoms with Crippen LogP contribution in [0.4, 0.5) is 8.78 Å². The minimum absolute atomic E-state index is 0.214. The molecule has 0 unspecified atom stereocenters. The second-order valence-electron chi connectivity index (χ2n) is 4.66. The van der Waals surface area contributed by atoms with Crippen molar-refractivity contribution >= 4 is 5.91 Å². The molecule has 1 saturated heterocycles. The number of methoxy groups -OCH3 is 1. The second kappa shape index (κ2) is 6.40. The van der Waals surface area contributed by atoms with E-state index < -0.39 is 30.4 Å². The van der Waals surface area contributed by atoms with E-state index in [1.54, 1.807) is 0 Å². The van der Waals surface area contributed by atoms with E-state index in [9.17, 15) is 13.6 Å². The molecule has 0 atom stereocenters. The van der Waals surface area contributed by atoms with Crippen molar-refractivity contribution < 1.29 is 23.4 Å². The number of aliphatic hydroxyl groups excluding tert-OH is 1. The average Bonchev–Trinajstić information content (AvgIpc) is 2.37. The van der Waals surface area contributed by atoms with Gasteiger partial charge in [0.1, 0.15) is 6.61 Å². The van der Waals surface area contributed by atoms with E-state index >= 15 is 0 Å². The molecule has 1 fully saturated rings. The lowest BCUT2D eigenvalue weighted by Crippen LogP contribution is -2.52. The Labute approximate surface area is 105 Å². The molecule has 0 radical (unpaired) electrons. The van der Waals surface area contributed by atoms with Crippen LogP contribution in [0.25, 0.3) is 0 Å². The Hall–Kier alpha value is -0.790. The first kappa shape index (κ1) is 15.3. The maximum Gasteiger partial charge on any atom is 0.287 e. The third-order valence-electron chi connectivity index (χ3n) is 3.20. The Kier molecular flexibility index (Phi) is 5.43. The van der Waals surface area contributed by atoms with Crippen LogP contribution < -0.4 is 10.6 Å². The number of hydrogen-bond acceptors (Lipinski definition) is 4. The van der Waals surface area contributed by atoms with Crippen molar-refractivity contribution in [2.75, 3.05) is 40.0 Å². The lowest BCUT2D eigenvalue weighted by molar-refractivity contribution is -0.138. The van der Waals surface area contributed by atoms with Gasteiger partial charge in [0, 0.05) is 7.11 Å². The largest absolute Gasteiger partial charge is 0.390 e. The lowest BCUT2D eigenvalue weighted by atomic mass is 9.78. The fourth-order valence-electron chi connectivity index (χ4n) is 2.07. The summed E-state index contributed by atoms with van der Waals surface area (Å²) in [6.07, 6.45) is 1.11. The smallest absolute Gasteiger partial charge is 0.287 e. The lowest BCUT2D eigenvalue weighted by Gasteiger charge is -2.35. The van der Waals surface area contributed by atoms with E-state index in [2.05, 4.69) is 10.6 Å². The maximum absolute atomic E-state index is 12.9. The summed E-state index contributed by atoms with van der Waals surface area (Å²) in [5.41, 5.74) is -0.745. The van der Waals surface area contributed by atoms with Gasteiger partial charge in [-0.05, 0) is 25.9 Å². The fraction of sp³-hybridized carbons (Fsp3) is 0.909. The summed E-state index contributed by atoms with van der Waals surface area (Å²) >= 11 is 0. The number of halogens is 2. The molecule has 3 N–H and O–H groups in total. The highest BCUT2D eigenvalue weighted by atomic mass is 19.3. The van der Waals surface area contributed by atoms with Crippen LogP contribution in [0.5, 0.6) is 0 Å². The Morgan fingerprint density at radius 2 is 2.11 bits per heavy atom. The van der Waals surface area contributed by atoms with Gasteiger partial charge in [-0.3, -0.25) is 4.79 Å². The number of alkyl halides is 2. The quantitative estimate of drug-likeness (QED) is 0.620. The zero-order valence-electron chi connectivity index (χ0n) is 10.5. The number of carbonyl (C=O) groups is 1. The van der Waals surface area contributed by atoms with Crippen molar-refractivity contribution in [3.63, 3.8) is 0 Å². The number of rotatable bonds is 6. The van der Waals surface area contributed by atoms with Gasteiger partial charge < -0.3 is 20.5 Å². The number of nitrogens with one attached hydrogen (secondary N) is 2. The van der Waals surface area contributed by atoms with Gasteiger partial charge in [-0.25, -0.2) is 8.78 Å². The van der Waals surface area contributed by atoms with E-state index in [4.69, 9.17) is 9.84 Å². The van der Waals surface area contributed by atoms with Gasteiger partial charge in [0.25, 0.3) is 5.92 Å². The van der Waals surface area contributed by atoms with Crippen molar-refractivity contribution in [1.29, 1.82) is 0 Å². The zero-order chi connectivity index (χ0) is 13.6. The number of carbonyl (C=O) groups excluding carboxylic acids is 1. The second-order valence-corrected chi connectivity index (χ2v) is 4.66. The Morgan fingerprint density at radius 1 is 1.50 bits per heavy atom. The van der Waals surface area contributed by atoms with Crippen LogP contribution in [0, 0.1) is 5.41 Å². The minimum Gasteiger partial charge on any atom is -0.390 e. The SMILES string of the molecule is COCC1(C(=O)NCC(F)(F)CO)CCNCC1. The van der Waals surface area contributed by atoms with Gasteiger partial charge in [-0.2, -0.15) is 0 Å². The predicted octanol–water partition coefficient (Wildman–Crippen LogP) is -0.254. The van der Waals surface area contributed by atoms with Crippen molar-refractivity contribution in [2.24, 2.45) is 5.41 Å². The van der Waals surface area contributed by atoms with Crippen molar-refractivity contribution in [2.45, 2.75) is 18.8 Å². The third kappa shape index (κ3) is 3.86. The average molecular weight is 266 g/mol. The van der Waals surface area contributed by atoms with Crippen LogP contribution in [-0.2, 0) is 9.53 Å². The number of aliphatic hydroxyl groups is 1. The molecule has 0 aromatic rings. The van der Waals surface area contributed by atoms with E-state index in [-0.39, 0.29) is 6.61 Å². The van der Waals surface area contributed by atoms with E-state index in [1.165, 1.54) is 7.11 Å². The molecule has 1 heterocycles. The predicted molar refractivity (Wildman–Crippen MR) is 61.5 cm³/mol. The molecule has 5 nitrogen and oxygen atoms in total. The van der Waals surface area contributed by atoms with Crippen LogP contribution >= 0.6 is 0 Å². The maximum atomic E-state index is 12.9. The van der Waals surface area contributed by atoms with Gasteiger partial charge >= 0.3 is 0 Å². The van der Waals surface area contributed by atoms with Gasteiger partial charge in [0.05, 0.1) is 18.6 Å². The normalized spacial score (nSPS) is 19.6. The highest BCUT2D eigenvalue weighted by Crippen LogP contribution is 2.29. The fourth-order valence-corrected chi connectivity index (χ4v) is 2.07. The first-order valence-corrected chi connectivity index (χ1v) is 5.92. The summed E-state index contributed by atoms with van der Waals surface area (Å²) in [6.45, 7) is -0.584. The first-order chi connectivity index (χ1) is 8.46. The number of ether oxygens (including phenoxy) is 1. The molecule has 0 aromatic carbocycles. The molecule has 0 spiro atoms. The molecule has 0 bridgehead atoms. The third-order valence-corrected chi connectivity index (χ3v) is 3.20. The molecule has 1 aliphatic heterocycles. The molecular formula is C11H20F2N2O3. The number of amides is 1. The summed E-state index contributed by atoms with van der Waals surface area (Å²) in [5.74, 6) is -3.71. The van der Waals surface area contributed by atoms with Crippen LogP contribution in [0.15, 0.2) is 0 Å². The van der Waals surface area contributed by atoms with Crippen LogP contribution in [0.2, 0.25) is 0 Å². The summed E-state index contributed by atoms with van der Waals surface area (Å²) in [4.78, 5) is 12.0. The van der Waals surface area contributed by atoms with Crippen molar-refractivity contribution in [3.05, 3.63) is 0 Å². The molecule has 7 heteroatoms. The summed E-state index contributed by atoms with van der Waals surface area (Å²) < 4.78 is 30.8. The van der Waals surface area contributed by atoms with Gasteiger partial charge in [-0.15, -0.1) is 0 Å². The Bertz CT molecular complexity index is 276. The minimum atomic E-state index is -3.28. The summed E-state index contributed by atoms with van der Waals surface area (Å²) in [7, 11) is 1.49. The highest BCUT2D eigenvalue weighted by molar-refractivity contribution is 5.83. The first-order valence-electron chi connectivity index (χ1n) is 5.92. The summed E-state index contributed by atoms with van der Waals surface area (Å²) in [5, 5.41) is 13.8. The van der Waals surface area contributed by atoms with Crippen molar-refractivity contribution in [3.8, 4) is 0 Å². The topological polar surface area (TPSA) is 70.6 Å². The highest BCUT2D eigenvalue weighted by Gasteiger charge is 2.41. The molecule has 18 heavy (non-hydrogen) atoms. The van der Waals surface area contributed by atoms with Crippen LogP contribution in [0.1, 0.15) is 12.8 Å². The molecule has 106 valence electrons. The zero-order valence-corrected chi connectivity index (χ0v) is 10.5. The van der Waals surface area contributed by atoms with Crippen molar-refractivity contribution in [1.82, 2.24) is 10.6 Å². The molecular weight excluding hydrogens is 246 g/mol. The van der Waals surface area contributed by atoms with E-state index in [1.807, 2.05) is 0 Å². The Balaban J connectivity index is 2.60. The number of hydrogen-bond donors (Lipinski definition) is 3. The Morgan fingerprint density at radius 3 is 2.61 bits per heavy atom. The molecule has 1 rings (SSSR count). The summed E-state index contributed by atoms with van der Waals surface area (Å²) in [6, 6.07) is 0. The van der Waals surface area contributed by atoms with Gasteiger partial charge in [0.2, 0.25) is 5.91 Å². The van der Waals surface area contributed by atoms with Crippen LogP contribution in [-0.4, -0.2) is 56.9 Å². The molecule has 1 aliphatic rings. The van der Waals surface area contributed by atoms with Gasteiger partial charge in [-0.1, -0.05) is 0 Å².